The van der Waals surface area contributed by atoms with Crippen LogP contribution in [-0.2, 0) is 11.2 Å². The topological polar surface area (TPSA) is 24.5 Å². The number of benzene rings is 1. The fraction of sp³-hybridized carbons (Fsp3) is 0.625. The Labute approximate surface area is 116 Å². The van der Waals surface area contributed by atoms with Crippen molar-refractivity contribution in [2.45, 2.75) is 38.8 Å². The molecule has 1 aromatic carbocycles. The van der Waals surface area contributed by atoms with E-state index < -0.39 is 0 Å². The lowest BCUT2D eigenvalue weighted by Crippen LogP contribution is -2.48. The molecule has 1 aliphatic heterocycles. The molecule has 0 fully saturated rings. The Morgan fingerprint density at radius 3 is 2.95 bits per heavy atom. The Morgan fingerprint density at radius 1 is 1.42 bits per heavy atom. The third-order valence-electron chi connectivity index (χ3n) is 3.94. The minimum absolute atomic E-state index is 0.392. The molecule has 3 heteroatoms. The Balaban J connectivity index is 2.13. The van der Waals surface area contributed by atoms with Gasteiger partial charge in [-0.05, 0) is 37.9 Å². The van der Waals surface area contributed by atoms with Gasteiger partial charge in [-0.1, -0.05) is 25.1 Å². The Bertz CT molecular complexity index is 388. The van der Waals surface area contributed by atoms with Gasteiger partial charge in [-0.2, -0.15) is 0 Å². The lowest BCUT2D eigenvalue weighted by Gasteiger charge is -2.39. The highest BCUT2D eigenvalue weighted by Crippen LogP contribution is 2.30. The van der Waals surface area contributed by atoms with E-state index in [1.807, 2.05) is 0 Å². The first kappa shape index (κ1) is 14.4. The van der Waals surface area contributed by atoms with E-state index in [4.69, 9.17) is 4.74 Å². The van der Waals surface area contributed by atoms with Gasteiger partial charge in [-0.25, -0.2) is 0 Å². The number of fused-ring (bicyclic) bond motifs is 1. The van der Waals surface area contributed by atoms with Gasteiger partial charge in [0.25, 0.3) is 0 Å². The number of ether oxygens (including phenoxy) is 1. The maximum Gasteiger partial charge on any atom is 0.0633 e. The highest BCUT2D eigenvalue weighted by molar-refractivity contribution is 5.56. The standard InChI is InChI=1S/C16H26N2O/c1-4-17-15(12-19-3)11-18-13(2)9-10-14-7-5-6-8-16(14)18/h5-8,13,15,17H,4,9-12H2,1-3H3. The number of nitrogens with one attached hydrogen (secondary N) is 1. The number of para-hydroxylation sites is 1. The molecule has 0 saturated carbocycles. The van der Waals surface area contributed by atoms with Crippen LogP contribution in [0.3, 0.4) is 0 Å². The normalized spacial score (nSPS) is 20.2. The van der Waals surface area contributed by atoms with E-state index in [1.54, 1.807) is 7.11 Å². The van der Waals surface area contributed by atoms with Crippen LogP contribution in [0.1, 0.15) is 25.8 Å². The molecule has 0 spiro atoms. The molecule has 3 nitrogen and oxygen atoms in total. The van der Waals surface area contributed by atoms with Gasteiger partial charge in [-0.15, -0.1) is 0 Å². The Kier molecular flexibility index (Phi) is 5.23. The predicted octanol–water partition coefficient (Wildman–Crippen LogP) is 2.45. The van der Waals surface area contributed by atoms with Gasteiger partial charge in [-0.3, -0.25) is 0 Å². The van der Waals surface area contributed by atoms with Crippen molar-refractivity contribution in [1.29, 1.82) is 0 Å². The van der Waals surface area contributed by atoms with Crippen molar-refractivity contribution in [3.8, 4) is 0 Å². The highest BCUT2D eigenvalue weighted by atomic mass is 16.5. The fourth-order valence-corrected chi connectivity index (χ4v) is 2.94. The smallest absolute Gasteiger partial charge is 0.0633 e. The SMILES string of the molecule is CCNC(COC)CN1c2ccccc2CCC1C. The molecule has 0 bridgehead atoms. The van der Waals surface area contributed by atoms with Crippen LogP contribution in [0.15, 0.2) is 24.3 Å². The molecule has 2 atom stereocenters. The second-order valence-electron chi connectivity index (χ2n) is 5.38. The summed E-state index contributed by atoms with van der Waals surface area (Å²) in [7, 11) is 1.78. The van der Waals surface area contributed by atoms with Gasteiger partial charge < -0.3 is 15.0 Å². The molecule has 0 aliphatic carbocycles. The molecule has 1 heterocycles. The first-order chi connectivity index (χ1) is 9.26. The van der Waals surface area contributed by atoms with E-state index in [0.29, 0.717) is 12.1 Å². The second-order valence-corrected chi connectivity index (χ2v) is 5.38. The van der Waals surface area contributed by atoms with Crippen LogP contribution in [0.2, 0.25) is 0 Å². The molecule has 0 amide bonds. The highest BCUT2D eigenvalue weighted by Gasteiger charge is 2.24. The Hall–Kier alpha value is -1.06. The minimum Gasteiger partial charge on any atom is -0.383 e. The van der Waals surface area contributed by atoms with Gasteiger partial charge in [0.15, 0.2) is 0 Å². The van der Waals surface area contributed by atoms with E-state index in [0.717, 1.165) is 19.7 Å². The maximum absolute atomic E-state index is 5.33. The van der Waals surface area contributed by atoms with Gasteiger partial charge in [0.2, 0.25) is 0 Å². The average Bonchev–Trinajstić information content (AvgIpc) is 2.42. The molecule has 1 aliphatic rings. The van der Waals surface area contributed by atoms with Crippen LogP contribution in [0.4, 0.5) is 5.69 Å². The average molecular weight is 262 g/mol. The third-order valence-corrected chi connectivity index (χ3v) is 3.94. The van der Waals surface area contributed by atoms with Gasteiger partial charge >= 0.3 is 0 Å². The molecule has 0 aromatic heterocycles. The third kappa shape index (κ3) is 3.48. The zero-order chi connectivity index (χ0) is 13.7. The molecule has 106 valence electrons. The van der Waals surface area contributed by atoms with E-state index in [9.17, 15) is 0 Å². The number of hydrogen-bond donors (Lipinski definition) is 1. The maximum atomic E-state index is 5.33. The van der Waals surface area contributed by atoms with Crippen LogP contribution in [-0.4, -0.2) is 38.9 Å². The number of methoxy groups -OCH3 is 1. The molecule has 0 saturated heterocycles. The first-order valence-electron chi connectivity index (χ1n) is 7.33. The lowest BCUT2D eigenvalue weighted by molar-refractivity contribution is 0.167. The quantitative estimate of drug-likeness (QED) is 0.852. The van der Waals surface area contributed by atoms with Crippen LogP contribution >= 0.6 is 0 Å². The first-order valence-corrected chi connectivity index (χ1v) is 7.33. The van der Waals surface area contributed by atoms with Crippen LogP contribution < -0.4 is 10.2 Å². The van der Waals surface area contributed by atoms with Crippen LogP contribution in [0, 0.1) is 0 Å². The summed E-state index contributed by atoms with van der Waals surface area (Å²) in [5.74, 6) is 0. The summed E-state index contributed by atoms with van der Waals surface area (Å²) in [5, 5.41) is 3.52. The van der Waals surface area contributed by atoms with Crippen molar-refractivity contribution >= 4 is 5.69 Å². The molecule has 1 aromatic rings. The van der Waals surface area contributed by atoms with Gasteiger partial charge in [0.1, 0.15) is 0 Å². The monoisotopic (exact) mass is 262 g/mol. The number of nitrogens with zero attached hydrogens (tertiary/aromatic N) is 1. The number of rotatable bonds is 6. The summed E-state index contributed by atoms with van der Waals surface area (Å²) in [6.45, 7) is 7.24. The van der Waals surface area contributed by atoms with Crippen molar-refractivity contribution in [3.63, 3.8) is 0 Å². The molecular weight excluding hydrogens is 236 g/mol. The largest absolute Gasteiger partial charge is 0.383 e. The summed E-state index contributed by atoms with van der Waals surface area (Å²) < 4.78 is 5.33. The fourth-order valence-electron chi connectivity index (χ4n) is 2.94. The van der Waals surface area contributed by atoms with E-state index in [1.165, 1.54) is 24.1 Å². The van der Waals surface area contributed by atoms with Crippen molar-refractivity contribution in [3.05, 3.63) is 29.8 Å². The molecular formula is C16H26N2O. The summed E-state index contributed by atoms with van der Waals surface area (Å²) in [6.07, 6.45) is 2.44. The lowest BCUT2D eigenvalue weighted by atomic mass is 9.96. The number of hydrogen-bond acceptors (Lipinski definition) is 3. The number of likely N-dealkylation sites (N-methyl/N-ethyl adjacent to an activating group) is 1. The van der Waals surface area contributed by atoms with Crippen molar-refractivity contribution in [2.75, 3.05) is 31.7 Å². The zero-order valence-electron chi connectivity index (χ0n) is 12.4. The molecule has 2 unspecified atom stereocenters. The summed E-state index contributed by atoms with van der Waals surface area (Å²) in [4.78, 5) is 2.53. The molecule has 2 rings (SSSR count). The Morgan fingerprint density at radius 2 is 2.21 bits per heavy atom. The second kappa shape index (κ2) is 6.92. The molecule has 1 N–H and O–H groups in total. The van der Waals surface area contributed by atoms with Crippen molar-refractivity contribution < 1.29 is 4.74 Å². The van der Waals surface area contributed by atoms with Gasteiger partial charge in [0, 0.05) is 31.4 Å². The minimum atomic E-state index is 0.392. The van der Waals surface area contributed by atoms with E-state index in [-0.39, 0.29) is 0 Å². The number of anilines is 1. The van der Waals surface area contributed by atoms with Crippen LogP contribution in [0.5, 0.6) is 0 Å². The van der Waals surface area contributed by atoms with Crippen molar-refractivity contribution in [1.82, 2.24) is 5.32 Å². The zero-order valence-corrected chi connectivity index (χ0v) is 12.4. The van der Waals surface area contributed by atoms with E-state index in [2.05, 4.69) is 48.3 Å². The van der Waals surface area contributed by atoms with Crippen LogP contribution in [0.25, 0.3) is 0 Å². The van der Waals surface area contributed by atoms with Gasteiger partial charge in [0.05, 0.1) is 6.61 Å². The summed E-state index contributed by atoms with van der Waals surface area (Å²) in [5.41, 5.74) is 2.88. The molecule has 0 radical (unpaired) electrons. The summed E-state index contributed by atoms with van der Waals surface area (Å²) >= 11 is 0. The molecule has 19 heavy (non-hydrogen) atoms. The summed E-state index contributed by atoms with van der Waals surface area (Å²) in [6, 6.07) is 9.79. The van der Waals surface area contributed by atoms with Crippen molar-refractivity contribution in [2.24, 2.45) is 0 Å². The predicted molar refractivity (Wildman–Crippen MR) is 80.9 cm³/mol. The van der Waals surface area contributed by atoms with E-state index >= 15 is 0 Å². The number of aryl methyl sites for hydroxylation is 1.